The Labute approximate surface area is 151 Å². The molecule has 0 spiro atoms. The van der Waals surface area contributed by atoms with Crippen molar-refractivity contribution in [3.05, 3.63) is 52.0 Å². The first-order chi connectivity index (χ1) is 12.7. The molecule has 0 aliphatic carbocycles. The topological polar surface area (TPSA) is 84.2 Å². The summed E-state index contributed by atoms with van der Waals surface area (Å²) in [5, 5.41) is 7.50. The zero-order valence-corrected chi connectivity index (χ0v) is 14.7. The normalized spacial score (nSPS) is 17.8. The predicted molar refractivity (Wildman–Crippen MR) is 94.4 cm³/mol. The van der Waals surface area contributed by atoms with Gasteiger partial charge >= 0.3 is 0 Å². The monoisotopic (exact) mass is 354 g/mol. The SMILES string of the molecule is O=C(c1ccnnc1)N1CCCn2c(nc(CN3CCCC3)cc2=O)C1. The zero-order valence-electron chi connectivity index (χ0n) is 14.7. The minimum atomic E-state index is -0.104. The Hall–Kier alpha value is -2.61. The van der Waals surface area contributed by atoms with Gasteiger partial charge in [0.2, 0.25) is 0 Å². The second-order valence-corrected chi connectivity index (χ2v) is 6.85. The van der Waals surface area contributed by atoms with Crippen molar-refractivity contribution in [1.29, 1.82) is 0 Å². The molecule has 0 radical (unpaired) electrons. The van der Waals surface area contributed by atoms with E-state index in [2.05, 4.69) is 15.1 Å². The van der Waals surface area contributed by atoms with Crippen LogP contribution in [0.1, 0.15) is 41.1 Å². The molecule has 26 heavy (non-hydrogen) atoms. The van der Waals surface area contributed by atoms with Gasteiger partial charge in [-0.2, -0.15) is 10.2 Å². The van der Waals surface area contributed by atoms with Gasteiger partial charge in [-0.05, 0) is 38.4 Å². The van der Waals surface area contributed by atoms with Crippen LogP contribution in [0.15, 0.2) is 29.3 Å². The summed E-state index contributed by atoms with van der Waals surface area (Å²) in [4.78, 5) is 34.1. The zero-order chi connectivity index (χ0) is 17.9. The second kappa shape index (κ2) is 7.33. The number of likely N-dealkylation sites (tertiary alicyclic amines) is 1. The fourth-order valence-electron chi connectivity index (χ4n) is 3.66. The van der Waals surface area contributed by atoms with Crippen LogP contribution in [0.3, 0.4) is 0 Å². The maximum atomic E-state index is 12.7. The van der Waals surface area contributed by atoms with Crippen molar-refractivity contribution in [3.8, 4) is 0 Å². The molecule has 136 valence electrons. The molecule has 2 aliphatic heterocycles. The molecule has 8 nitrogen and oxygen atoms in total. The summed E-state index contributed by atoms with van der Waals surface area (Å²) in [5.74, 6) is 0.562. The van der Waals surface area contributed by atoms with E-state index in [4.69, 9.17) is 4.98 Å². The van der Waals surface area contributed by atoms with Gasteiger partial charge in [0.25, 0.3) is 11.5 Å². The molecule has 0 bridgehead atoms. The summed E-state index contributed by atoms with van der Waals surface area (Å²) in [5.41, 5.74) is 1.27. The fraction of sp³-hybridized carbons (Fsp3) is 0.500. The molecule has 2 aromatic heterocycles. The fourth-order valence-corrected chi connectivity index (χ4v) is 3.66. The summed E-state index contributed by atoms with van der Waals surface area (Å²) >= 11 is 0. The summed E-state index contributed by atoms with van der Waals surface area (Å²) in [6.07, 6.45) is 6.11. The molecule has 1 fully saturated rings. The number of nitrogens with zero attached hydrogens (tertiary/aromatic N) is 6. The van der Waals surface area contributed by atoms with Crippen molar-refractivity contribution in [2.24, 2.45) is 0 Å². The highest BCUT2D eigenvalue weighted by atomic mass is 16.2. The number of carbonyl (C=O) groups is 1. The lowest BCUT2D eigenvalue weighted by atomic mass is 10.2. The lowest BCUT2D eigenvalue weighted by Crippen LogP contribution is -2.32. The smallest absolute Gasteiger partial charge is 0.255 e. The summed E-state index contributed by atoms with van der Waals surface area (Å²) in [7, 11) is 0. The molecule has 0 N–H and O–H groups in total. The second-order valence-electron chi connectivity index (χ2n) is 6.85. The van der Waals surface area contributed by atoms with Crippen molar-refractivity contribution in [1.82, 2.24) is 29.5 Å². The Balaban J connectivity index is 1.59. The van der Waals surface area contributed by atoms with Gasteiger partial charge in [-0.15, -0.1) is 0 Å². The quantitative estimate of drug-likeness (QED) is 0.806. The van der Waals surface area contributed by atoms with Crippen molar-refractivity contribution in [3.63, 3.8) is 0 Å². The Bertz CT molecular complexity index is 845. The predicted octanol–water partition coefficient (Wildman–Crippen LogP) is 0.675. The van der Waals surface area contributed by atoms with Crippen molar-refractivity contribution in [2.45, 2.75) is 38.9 Å². The van der Waals surface area contributed by atoms with Crippen LogP contribution >= 0.6 is 0 Å². The van der Waals surface area contributed by atoms with Gasteiger partial charge in [0.05, 0.1) is 30.2 Å². The van der Waals surface area contributed by atoms with E-state index in [0.717, 1.165) is 25.2 Å². The molecule has 0 aromatic carbocycles. The molecule has 2 aromatic rings. The summed E-state index contributed by atoms with van der Waals surface area (Å²) in [6, 6.07) is 3.30. The molecule has 8 heteroatoms. The van der Waals surface area contributed by atoms with E-state index in [1.165, 1.54) is 25.2 Å². The standard InChI is InChI=1S/C18H22N6O2/c25-17-10-15(12-22-6-1-2-7-22)21-16-13-23(8-3-9-24(16)17)18(26)14-4-5-19-20-11-14/h4-5,10-11H,1-3,6-9,12-13H2. The van der Waals surface area contributed by atoms with Crippen molar-refractivity contribution in [2.75, 3.05) is 19.6 Å². The van der Waals surface area contributed by atoms with Crippen molar-refractivity contribution >= 4 is 5.91 Å². The van der Waals surface area contributed by atoms with Gasteiger partial charge in [0, 0.05) is 25.7 Å². The molecule has 4 heterocycles. The molecule has 4 rings (SSSR count). The van der Waals surface area contributed by atoms with Crippen LogP contribution in [0.5, 0.6) is 0 Å². The van der Waals surface area contributed by atoms with Crippen LogP contribution in [-0.2, 0) is 19.6 Å². The number of fused-ring (bicyclic) bond motifs is 1. The van der Waals surface area contributed by atoms with Gasteiger partial charge < -0.3 is 4.90 Å². The lowest BCUT2D eigenvalue weighted by Gasteiger charge is -2.20. The van der Waals surface area contributed by atoms with Gasteiger partial charge in [-0.25, -0.2) is 4.98 Å². The number of hydrogen-bond donors (Lipinski definition) is 0. The molecule has 2 aliphatic rings. The van der Waals surface area contributed by atoms with Gasteiger partial charge in [0.1, 0.15) is 5.82 Å². The molecule has 0 saturated carbocycles. The Morgan fingerprint density at radius 2 is 1.92 bits per heavy atom. The molecule has 1 amide bonds. The molecular weight excluding hydrogens is 332 g/mol. The first kappa shape index (κ1) is 16.8. The molecule has 0 unspecified atom stereocenters. The van der Waals surface area contributed by atoms with Crippen molar-refractivity contribution < 1.29 is 4.79 Å². The highest BCUT2D eigenvalue weighted by Crippen LogP contribution is 2.15. The number of aromatic nitrogens is 4. The number of carbonyl (C=O) groups excluding carboxylic acids is 1. The number of hydrogen-bond acceptors (Lipinski definition) is 6. The first-order valence-electron chi connectivity index (χ1n) is 9.09. The largest absolute Gasteiger partial charge is 0.331 e. The third-order valence-electron chi connectivity index (χ3n) is 4.99. The summed E-state index contributed by atoms with van der Waals surface area (Å²) in [6.45, 7) is 4.32. The molecule has 0 atom stereocenters. The van der Waals surface area contributed by atoms with Gasteiger partial charge in [-0.1, -0.05) is 0 Å². The minimum Gasteiger partial charge on any atom is -0.331 e. The van der Waals surface area contributed by atoms with Gasteiger partial charge in [0.15, 0.2) is 0 Å². The average Bonchev–Trinajstić information content (AvgIpc) is 3.06. The van der Waals surface area contributed by atoms with Crippen LogP contribution in [0, 0.1) is 0 Å². The van der Waals surface area contributed by atoms with E-state index in [-0.39, 0.29) is 11.5 Å². The van der Waals surface area contributed by atoms with E-state index in [1.54, 1.807) is 21.6 Å². The Kier molecular flexibility index (Phi) is 4.75. The number of rotatable bonds is 3. The third-order valence-corrected chi connectivity index (χ3v) is 4.99. The van der Waals surface area contributed by atoms with E-state index in [9.17, 15) is 9.59 Å². The highest BCUT2D eigenvalue weighted by Gasteiger charge is 2.23. The van der Waals surface area contributed by atoms with Crippen LogP contribution < -0.4 is 5.56 Å². The van der Waals surface area contributed by atoms with Crippen LogP contribution in [0.2, 0.25) is 0 Å². The van der Waals surface area contributed by atoms with Crippen LogP contribution in [0.25, 0.3) is 0 Å². The lowest BCUT2D eigenvalue weighted by molar-refractivity contribution is 0.0743. The van der Waals surface area contributed by atoms with E-state index in [0.29, 0.717) is 37.6 Å². The molecule has 1 saturated heterocycles. The Morgan fingerprint density at radius 3 is 2.69 bits per heavy atom. The van der Waals surface area contributed by atoms with E-state index >= 15 is 0 Å². The first-order valence-corrected chi connectivity index (χ1v) is 9.09. The highest BCUT2D eigenvalue weighted by molar-refractivity contribution is 5.93. The third kappa shape index (κ3) is 3.50. The number of amides is 1. The Morgan fingerprint density at radius 1 is 1.08 bits per heavy atom. The average molecular weight is 354 g/mol. The van der Waals surface area contributed by atoms with Crippen LogP contribution in [-0.4, -0.2) is 55.1 Å². The summed E-state index contributed by atoms with van der Waals surface area (Å²) < 4.78 is 1.70. The molecular formula is C18H22N6O2. The minimum absolute atomic E-state index is 0.0240. The van der Waals surface area contributed by atoms with E-state index < -0.39 is 0 Å². The van der Waals surface area contributed by atoms with Gasteiger partial charge in [-0.3, -0.25) is 19.1 Å². The van der Waals surface area contributed by atoms with Crippen LogP contribution in [0.4, 0.5) is 0 Å². The maximum Gasteiger partial charge on any atom is 0.255 e. The van der Waals surface area contributed by atoms with E-state index in [1.807, 2.05) is 0 Å². The maximum absolute atomic E-state index is 12.7.